The number of nitrogens with zero attached hydrogens (tertiary/aromatic N) is 1. The highest BCUT2D eigenvalue weighted by Crippen LogP contribution is 2.34. The van der Waals surface area contributed by atoms with Crippen molar-refractivity contribution in [2.75, 3.05) is 13.1 Å². The zero-order valence-corrected chi connectivity index (χ0v) is 10.5. The Labute approximate surface area is 98.4 Å². The molecule has 0 amide bonds. The standard InChI is InChI=1S/C14H22N2/c1-10(2)8-16-9-13-11(3)5-4-6-12(13)14(16)7-15/h4-6,10,14H,7-9,15H2,1-3H3. The fourth-order valence-corrected chi connectivity index (χ4v) is 2.70. The Bertz CT molecular complexity index is 371. The topological polar surface area (TPSA) is 29.3 Å². The highest BCUT2D eigenvalue weighted by molar-refractivity contribution is 5.40. The second-order valence-electron chi connectivity index (χ2n) is 5.22. The Morgan fingerprint density at radius 3 is 2.81 bits per heavy atom. The van der Waals surface area contributed by atoms with Gasteiger partial charge in [0.1, 0.15) is 0 Å². The summed E-state index contributed by atoms with van der Waals surface area (Å²) in [6.45, 7) is 9.67. The third-order valence-corrected chi connectivity index (χ3v) is 3.43. The summed E-state index contributed by atoms with van der Waals surface area (Å²) in [4.78, 5) is 2.52. The number of benzene rings is 1. The molecule has 2 nitrogen and oxygen atoms in total. The van der Waals surface area contributed by atoms with Crippen LogP contribution in [0.5, 0.6) is 0 Å². The molecule has 0 saturated heterocycles. The van der Waals surface area contributed by atoms with E-state index < -0.39 is 0 Å². The lowest BCUT2D eigenvalue weighted by molar-refractivity contribution is 0.195. The van der Waals surface area contributed by atoms with Gasteiger partial charge in [-0.15, -0.1) is 0 Å². The molecule has 0 fully saturated rings. The first-order valence-electron chi connectivity index (χ1n) is 6.16. The van der Waals surface area contributed by atoms with Gasteiger partial charge in [0.15, 0.2) is 0 Å². The van der Waals surface area contributed by atoms with Gasteiger partial charge >= 0.3 is 0 Å². The average molecular weight is 218 g/mol. The lowest BCUT2D eigenvalue weighted by Crippen LogP contribution is -2.30. The first kappa shape index (κ1) is 11.6. The van der Waals surface area contributed by atoms with Crippen LogP contribution in [0.25, 0.3) is 0 Å². The minimum Gasteiger partial charge on any atom is -0.329 e. The van der Waals surface area contributed by atoms with E-state index in [1.807, 2.05) is 0 Å². The third kappa shape index (κ3) is 2.00. The van der Waals surface area contributed by atoms with E-state index in [0.29, 0.717) is 12.0 Å². The van der Waals surface area contributed by atoms with Crippen molar-refractivity contribution in [1.29, 1.82) is 0 Å². The number of rotatable bonds is 3. The van der Waals surface area contributed by atoms with Gasteiger partial charge in [0, 0.05) is 25.7 Å². The van der Waals surface area contributed by atoms with E-state index in [1.165, 1.54) is 16.7 Å². The van der Waals surface area contributed by atoms with Crippen LogP contribution in [0, 0.1) is 12.8 Å². The smallest absolute Gasteiger partial charge is 0.0477 e. The summed E-state index contributed by atoms with van der Waals surface area (Å²) in [7, 11) is 0. The predicted octanol–water partition coefficient (Wildman–Crippen LogP) is 2.47. The Balaban J connectivity index is 2.28. The quantitative estimate of drug-likeness (QED) is 0.844. The van der Waals surface area contributed by atoms with Gasteiger partial charge < -0.3 is 5.73 Å². The summed E-state index contributed by atoms with van der Waals surface area (Å²) < 4.78 is 0. The number of nitrogens with two attached hydrogens (primary N) is 1. The van der Waals surface area contributed by atoms with Crippen LogP contribution in [0.15, 0.2) is 18.2 Å². The summed E-state index contributed by atoms with van der Waals surface area (Å²) in [6.07, 6.45) is 0. The second-order valence-corrected chi connectivity index (χ2v) is 5.22. The Morgan fingerprint density at radius 1 is 1.44 bits per heavy atom. The largest absolute Gasteiger partial charge is 0.329 e. The van der Waals surface area contributed by atoms with E-state index in [9.17, 15) is 0 Å². The molecule has 1 aromatic carbocycles. The van der Waals surface area contributed by atoms with Crippen LogP contribution in [0.4, 0.5) is 0 Å². The molecule has 1 aliphatic rings. The van der Waals surface area contributed by atoms with Crippen LogP contribution in [0.3, 0.4) is 0 Å². The Morgan fingerprint density at radius 2 is 2.19 bits per heavy atom. The zero-order valence-electron chi connectivity index (χ0n) is 10.5. The van der Waals surface area contributed by atoms with Gasteiger partial charge in [-0.2, -0.15) is 0 Å². The molecule has 0 radical (unpaired) electrons. The minimum atomic E-state index is 0.428. The lowest BCUT2D eigenvalue weighted by Gasteiger charge is -2.25. The van der Waals surface area contributed by atoms with Gasteiger partial charge in [0.2, 0.25) is 0 Å². The number of fused-ring (bicyclic) bond motifs is 1. The molecule has 2 N–H and O–H groups in total. The summed E-state index contributed by atoms with van der Waals surface area (Å²) in [5.41, 5.74) is 10.3. The van der Waals surface area contributed by atoms with E-state index in [1.54, 1.807) is 0 Å². The molecule has 1 aromatic rings. The molecule has 1 heterocycles. The lowest BCUT2D eigenvalue weighted by atomic mass is 10.0. The van der Waals surface area contributed by atoms with Crippen LogP contribution in [-0.2, 0) is 6.54 Å². The van der Waals surface area contributed by atoms with E-state index in [-0.39, 0.29) is 0 Å². The van der Waals surface area contributed by atoms with Crippen LogP contribution >= 0.6 is 0 Å². The number of aryl methyl sites for hydroxylation is 1. The van der Waals surface area contributed by atoms with E-state index in [2.05, 4.69) is 43.9 Å². The first-order chi connectivity index (χ1) is 7.63. The maximum atomic E-state index is 5.92. The molecule has 1 unspecified atom stereocenters. The molecule has 1 atom stereocenters. The fourth-order valence-electron chi connectivity index (χ4n) is 2.70. The van der Waals surface area contributed by atoms with Gasteiger partial charge in [-0.25, -0.2) is 0 Å². The van der Waals surface area contributed by atoms with Crippen molar-refractivity contribution in [2.24, 2.45) is 11.7 Å². The van der Waals surface area contributed by atoms with Crippen molar-refractivity contribution in [3.63, 3.8) is 0 Å². The molecule has 0 spiro atoms. The Hall–Kier alpha value is -0.860. The van der Waals surface area contributed by atoms with Gasteiger partial charge in [-0.1, -0.05) is 32.0 Å². The zero-order chi connectivity index (χ0) is 11.7. The van der Waals surface area contributed by atoms with E-state index in [0.717, 1.165) is 19.6 Å². The molecule has 0 aliphatic carbocycles. The molecule has 2 rings (SSSR count). The summed E-state index contributed by atoms with van der Waals surface area (Å²) in [6, 6.07) is 7.01. The van der Waals surface area contributed by atoms with E-state index >= 15 is 0 Å². The summed E-state index contributed by atoms with van der Waals surface area (Å²) >= 11 is 0. The molecule has 0 bridgehead atoms. The van der Waals surface area contributed by atoms with Gasteiger partial charge in [0.25, 0.3) is 0 Å². The highest BCUT2D eigenvalue weighted by atomic mass is 15.2. The molecule has 1 aliphatic heterocycles. The third-order valence-electron chi connectivity index (χ3n) is 3.43. The van der Waals surface area contributed by atoms with Crippen LogP contribution < -0.4 is 5.73 Å². The minimum absolute atomic E-state index is 0.428. The Kier molecular flexibility index (Phi) is 3.31. The van der Waals surface area contributed by atoms with Crippen molar-refractivity contribution in [2.45, 2.75) is 33.4 Å². The number of hydrogen-bond acceptors (Lipinski definition) is 2. The van der Waals surface area contributed by atoms with Crippen molar-refractivity contribution in [3.05, 3.63) is 34.9 Å². The fraction of sp³-hybridized carbons (Fsp3) is 0.571. The van der Waals surface area contributed by atoms with Crippen LogP contribution in [-0.4, -0.2) is 18.0 Å². The molecule has 0 aromatic heterocycles. The average Bonchev–Trinajstić information content (AvgIpc) is 2.56. The summed E-state index contributed by atoms with van der Waals surface area (Å²) in [5.74, 6) is 0.698. The molecule has 0 saturated carbocycles. The molecular weight excluding hydrogens is 196 g/mol. The molecule has 2 heteroatoms. The van der Waals surface area contributed by atoms with Crippen molar-refractivity contribution < 1.29 is 0 Å². The maximum absolute atomic E-state index is 5.92. The molecule has 16 heavy (non-hydrogen) atoms. The highest BCUT2D eigenvalue weighted by Gasteiger charge is 2.29. The normalized spacial score (nSPS) is 20.4. The monoisotopic (exact) mass is 218 g/mol. The van der Waals surface area contributed by atoms with Crippen LogP contribution in [0.2, 0.25) is 0 Å². The molecular formula is C14H22N2. The van der Waals surface area contributed by atoms with Crippen LogP contribution in [0.1, 0.15) is 36.6 Å². The van der Waals surface area contributed by atoms with Gasteiger partial charge in [0.05, 0.1) is 0 Å². The molecule has 88 valence electrons. The van der Waals surface area contributed by atoms with Crippen molar-refractivity contribution in [1.82, 2.24) is 4.90 Å². The SMILES string of the molecule is Cc1cccc2c1CN(CC(C)C)C2CN. The number of hydrogen-bond donors (Lipinski definition) is 1. The van der Waals surface area contributed by atoms with Crippen molar-refractivity contribution in [3.8, 4) is 0 Å². The second kappa shape index (κ2) is 4.56. The van der Waals surface area contributed by atoms with E-state index in [4.69, 9.17) is 5.73 Å². The predicted molar refractivity (Wildman–Crippen MR) is 68.2 cm³/mol. The van der Waals surface area contributed by atoms with Gasteiger partial charge in [-0.05, 0) is 29.5 Å². The van der Waals surface area contributed by atoms with Crippen molar-refractivity contribution >= 4 is 0 Å². The maximum Gasteiger partial charge on any atom is 0.0477 e. The first-order valence-corrected chi connectivity index (χ1v) is 6.16. The summed E-state index contributed by atoms with van der Waals surface area (Å²) in [5, 5.41) is 0. The van der Waals surface area contributed by atoms with Gasteiger partial charge in [-0.3, -0.25) is 4.90 Å².